The van der Waals surface area contributed by atoms with Crippen LogP contribution < -0.4 is 5.32 Å². The third-order valence-electron chi connectivity index (χ3n) is 5.98. The molecule has 0 fully saturated rings. The first-order valence-electron chi connectivity index (χ1n) is 13.7. The van der Waals surface area contributed by atoms with Crippen molar-refractivity contribution in [1.82, 2.24) is 15.1 Å². The molecule has 0 saturated heterocycles. The van der Waals surface area contributed by atoms with Gasteiger partial charge in [0.05, 0.1) is 19.4 Å². The zero-order chi connectivity index (χ0) is 28.7. The van der Waals surface area contributed by atoms with Gasteiger partial charge in [-0.15, -0.1) is 0 Å². The van der Waals surface area contributed by atoms with Gasteiger partial charge in [-0.3, -0.25) is 9.18 Å². The van der Waals surface area contributed by atoms with E-state index in [-0.39, 0.29) is 5.60 Å². The van der Waals surface area contributed by atoms with Crippen molar-refractivity contribution in [2.24, 2.45) is 5.92 Å². The molecule has 1 N–H and O–H groups in total. The Labute approximate surface area is 228 Å². The summed E-state index contributed by atoms with van der Waals surface area (Å²) < 4.78 is 15.2. The van der Waals surface area contributed by atoms with Crippen LogP contribution >= 0.6 is 0 Å². The van der Waals surface area contributed by atoms with Gasteiger partial charge in [0, 0.05) is 26.7 Å². The number of carbonyl (C=O) groups is 1. The summed E-state index contributed by atoms with van der Waals surface area (Å²) >= 11 is 0. The second-order valence-corrected chi connectivity index (χ2v) is 9.53. The van der Waals surface area contributed by atoms with E-state index in [0.29, 0.717) is 13.2 Å². The van der Waals surface area contributed by atoms with Crippen LogP contribution in [0, 0.1) is 5.92 Å². The number of allylic oxidation sites excluding steroid dienone is 5. The zero-order valence-corrected chi connectivity index (χ0v) is 25.4. The predicted octanol–water partition coefficient (Wildman–Crippen LogP) is 6.71. The second-order valence-electron chi connectivity index (χ2n) is 9.53. The molecule has 1 amide bonds. The smallest absolute Gasteiger partial charge is 0.209 e. The monoisotopic (exact) mass is 521 g/mol. The lowest BCUT2D eigenvalue weighted by Crippen LogP contribution is -2.32. The first kappa shape index (κ1) is 37.0. The molecular formula is C31H56FN3O2. The molecule has 2 atom stereocenters. The normalized spacial score (nSPS) is 19.9. The summed E-state index contributed by atoms with van der Waals surface area (Å²) in [7, 11) is 3.88. The van der Waals surface area contributed by atoms with E-state index in [0.717, 1.165) is 44.9 Å². The van der Waals surface area contributed by atoms with Crippen molar-refractivity contribution in [2.45, 2.75) is 79.4 Å². The van der Waals surface area contributed by atoms with E-state index in [1.54, 1.807) is 14.1 Å². The molecule has 5 nitrogen and oxygen atoms in total. The van der Waals surface area contributed by atoms with Crippen LogP contribution in [-0.4, -0.2) is 75.4 Å². The van der Waals surface area contributed by atoms with Gasteiger partial charge in [-0.05, 0) is 75.5 Å². The molecule has 3 aliphatic rings. The Bertz CT molecular complexity index is 720. The third-order valence-corrected chi connectivity index (χ3v) is 5.98. The Kier molecular flexibility index (Phi) is 23.0. The molecule has 2 heterocycles. The Morgan fingerprint density at radius 2 is 1.76 bits per heavy atom. The van der Waals surface area contributed by atoms with Crippen molar-refractivity contribution in [3.8, 4) is 0 Å². The molecule has 0 bridgehead atoms. The molecule has 2 unspecified atom stereocenters. The summed E-state index contributed by atoms with van der Waals surface area (Å²) in [5, 5.41) is 3.37. The Morgan fingerprint density at radius 1 is 1.14 bits per heavy atom. The highest BCUT2D eigenvalue weighted by molar-refractivity contribution is 5.45. The molecule has 0 aromatic rings. The molecule has 214 valence electrons. The molecule has 3 rings (SSSR count). The number of carbonyl (C=O) groups excluding carboxylic acids is 1. The highest BCUT2D eigenvalue weighted by atomic mass is 19.1. The van der Waals surface area contributed by atoms with Crippen LogP contribution in [0.1, 0.15) is 67.7 Å². The summed E-state index contributed by atoms with van der Waals surface area (Å²) in [6.45, 7) is 19.4. The first-order chi connectivity index (χ1) is 17.7. The number of hydrogen-bond donors (Lipinski definition) is 1. The number of alkyl halides is 1. The number of nitrogens with zero attached hydrogens (tertiary/aromatic N) is 2. The van der Waals surface area contributed by atoms with Gasteiger partial charge in [0.2, 0.25) is 6.41 Å². The van der Waals surface area contributed by atoms with Gasteiger partial charge in [0.25, 0.3) is 0 Å². The van der Waals surface area contributed by atoms with Crippen LogP contribution in [-0.2, 0) is 9.53 Å². The minimum atomic E-state index is -0.0542. The Morgan fingerprint density at radius 3 is 2.27 bits per heavy atom. The maximum absolute atomic E-state index is 9.50. The lowest BCUT2D eigenvalue weighted by Gasteiger charge is -2.25. The van der Waals surface area contributed by atoms with Gasteiger partial charge < -0.3 is 19.9 Å². The molecule has 37 heavy (non-hydrogen) atoms. The minimum Gasteiger partial charge on any atom is -0.385 e. The average Bonchev–Trinajstić information content (AvgIpc) is 3.17. The van der Waals surface area contributed by atoms with Crippen LogP contribution in [0.15, 0.2) is 59.9 Å². The molecule has 6 heteroatoms. The van der Waals surface area contributed by atoms with E-state index < -0.39 is 0 Å². The molecule has 1 aliphatic carbocycles. The lowest BCUT2D eigenvalue weighted by atomic mass is 9.91. The van der Waals surface area contributed by atoms with Crippen LogP contribution in [0.3, 0.4) is 0 Å². The molecule has 0 aromatic carbocycles. The van der Waals surface area contributed by atoms with Gasteiger partial charge in [0.1, 0.15) is 0 Å². The van der Waals surface area contributed by atoms with Crippen molar-refractivity contribution < 1.29 is 13.9 Å². The summed E-state index contributed by atoms with van der Waals surface area (Å²) in [5.41, 5.74) is 2.77. The number of nitrogens with one attached hydrogen (secondary N) is 1. The molecule has 0 radical (unpaired) electrons. The standard InChI is InChI=1S/C13H24N2.C12H16O.C3H7NO.C2H6.CH3F/c1-4-15(5-2)11-12(3)10-13-8-6-7-9-14-13;1-12(2)11-8-6-4-3-5-7-10(11)9-13-12;1-4(2)3-5;2*1-2/h6-9,12-14H,4-5,10-11H2,1-3H3;4-7H,3,8-9H2,1-2H3;3H,1-2H3;1-2H3;1H3/b;6-4?,7-5-;;;. The summed E-state index contributed by atoms with van der Waals surface area (Å²) in [4.78, 5) is 13.4. The van der Waals surface area contributed by atoms with E-state index in [2.05, 4.69) is 81.3 Å². The van der Waals surface area contributed by atoms with Gasteiger partial charge in [-0.2, -0.15) is 0 Å². The summed E-state index contributed by atoms with van der Waals surface area (Å²) in [6.07, 6.45) is 21.4. The van der Waals surface area contributed by atoms with E-state index in [4.69, 9.17) is 4.74 Å². The Hall–Kier alpha value is -2.18. The topological polar surface area (TPSA) is 44.8 Å². The van der Waals surface area contributed by atoms with Crippen molar-refractivity contribution in [3.05, 3.63) is 59.9 Å². The van der Waals surface area contributed by atoms with E-state index in [9.17, 15) is 9.18 Å². The SMILES string of the molecule is CC.CC1(C)OCC2=C1CC=CC/C=C\2.CCN(CC)CC(C)CC1C=CC=CN1.CF.CN(C)C=O. The average molecular weight is 522 g/mol. The first-order valence-corrected chi connectivity index (χ1v) is 13.7. The number of ether oxygens (including phenoxy) is 1. The number of rotatable bonds is 7. The molecule has 0 spiro atoms. The third kappa shape index (κ3) is 17.0. The lowest BCUT2D eigenvalue weighted by molar-refractivity contribution is -0.115. The minimum absolute atomic E-state index is 0.0542. The van der Waals surface area contributed by atoms with Crippen LogP contribution in [0.4, 0.5) is 4.39 Å². The van der Waals surface area contributed by atoms with Gasteiger partial charge in [-0.25, -0.2) is 0 Å². The highest BCUT2D eigenvalue weighted by Gasteiger charge is 2.31. The second kappa shape index (κ2) is 23.0. The summed E-state index contributed by atoms with van der Waals surface area (Å²) in [6, 6.07) is 0.528. The molecular weight excluding hydrogens is 465 g/mol. The molecule has 2 aliphatic heterocycles. The van der Waals surface area contributed by atoms with E-state index >= 15 is 0 Å². The van der Waals surface area contributed by atoms with Gasteiger partial charge in [0.15, 0.2) is 0 Å². The fourth-order valence-corrected chi connectivity index (χ4v) is 4.00. The maximum Gasteiger partial charge on any atom is 0.209 e. The molecule has 0 saturated carbocycles. The number of hydrogen-bond acceptors (Lipinski definition) is 4. The largest absolute Gasteiger partial charge is 0.385 e. The van der Waals surface area contributed by atoms with Gasteiger partial charge in [-0.1, -0.05) is 71.1 Å². The highest BCUT2D eigenvalue weighted by Crippen LogP contribution is 2.35. The summed E-state index contributed by atoms with van der Waals surface area (Å²) in [5.74, 6) is 0.749. The quantitative estimate of drug-likeness (QED) is 0.299. The molecule has 0 aromatic heterocycles. The van der Waals surface area contributed by atoms with Crippen molar-refractivity contribution in [3.63, 3.8) is 0 Å². The zero-order valence-electron chi connectivity index (χ0n) is 25.4. The van der Waals surface area contributed by atoms with Crippen LogP contribution in [0.25, 0.3) is 0 Å². The fourth-order valence-electron chi connectivity index (χ4n) is 4.00. The van der Waals surface area contributed by atoms with E-state index in [1.807, 2.05) is 26.1 Å². The van der Waals surface area contributed by atoms with Crippen molar-refractivity contribution in [1.29, 1.82) is 0 Å². The predicted molar refractivity (Wildman–Crippen MR) is 159 cm³/mol. The Balaban J connectivity index is 0. The van der Waals surface area contributed by atoms with Crippen LogP contribution in [0.2, 0.25) is 0 Å². The maximum atomic E-state index is 9.50. The number of halogens is 1. The number of dihydropyridines is 1. The van der Waals surface area contributed by atoms with Crippen molar-refractivity contribution in [2.75, 3.05) is 47.5 Å². The number of amides is 1. The fraction of sp³-hybridized carbons (Fsp3) is 0.645. The van der Waals surface area contributed by atoms with Crippen LogP contribution in [0.5, 0.6) is 0 Å². The van der Waals surface area contributed by atoms with E-state index in [1.165, 1.54) is 29.0 Å². The van der Waals surface area contributed by atoms with Crippen molar-refractivity contribution >= 4 is 6.41 Å². The van der Waals surface area contributed by atoms with Gasteiger partial charge >= 0.3 is 0 Å².